The van der Waals surface area contributed by atoms with Crippen LogP contribution < -0.4 is 10.1 Å². The molecule has 0 aliphatic carbocycles. The van der Waals surface area contributed by atoms with Crippen LogP contribution in [0.3, 0.4) is 0 Å². The van der Waals surface area contributed by atoms with Gasteiger partial charge < -0.3 is 14.6 Å². The highest BCUT2D eigenvalue weighted by molar-refractivity contribution is 5.85. The van der Waals surface area contributed by atoms with E-state index in [1.807, 2.05) is 24.3 Å². The Morgan fingerprint density at radius 1 is 1.15 bits per heavy atom. The molecule has 0 unspecified atom stereocenters. The first-order valence-corrected chi connectivity index (χ1v) is 8.30. The second kappa shape index (κ2) is 8.29. The fraction of sp³-hybridized carbons (Fsp3) is 0.263. The number of ether oxygens (including phenoxy) is 1. The molecule has 1 N–H and O–H groups in total. The summed E-state index contributed by atoms with van der Waals surface area (Å²) in [5.74, 6) is 1.46. The lowest BCUT2D eigenvalue weighted by Gasteiger charge is -2.07. The first kappa shape index (κ1) is 18.4. The van der Waals surface area contributed by atoms with Gasteiger partial charge in [0, 0.05) is 12.1 Å². The van der Waals surface area contributed by atoms with Gasteiger partial charge in [-0.25, -0.2) is 4.39 Å². The Hall–Kier alpha value is -2.44. The first-order valence-electron chi connectivity index (χ1n) is 8.30. The zero-order valence-corrected chi connectivity index (χ0v) is 14.8. The minimum atomic E-state index is -0.361. The van der Waals surface area contributed by atoms with Crippen LogP contribution in [0.4, 0.5) is 4.39 Å². The average molecular weight is 376 g/mol. The zero-order valence-electron chi connectivity index (χ0n) is 14.0. The maximum atomic E-state index is 13.6. The molecule has 1 aliphatic heterocycles. The molecule has 0 spiro atoms. The highest BCUT2D eigenvalue weighted by Crippen LogP contribution is 2.24. The standard InChI is InChI=1S/C19H18FN3O2.ClH/c20-16-3-1-2-4-17(16)24-12-13-5-7-14(8-6-13)18-22-19(25-23-18)15-9-10-21-11-15;/h1-8,15,21H,9-12H2;1H/t15-;/m1./s1. The number of nitrogens with one attached hydrogen (secondary N) is 1. The van der Waals surface area contributed by atoms with Crippen LogP contribution in [-0.4, -0.2) is 23.2 Å². The molecule has 0 radical (unpaired) electrons. The van der Waals surface area contributed by atoms with Crippen molar-refractivity contribution < 1.29 is 13.7 Å². The van der Waals surface area contributed by atoms with Gasteiger partial charge in [-0.2, -0.15) is 4.98 Å². The van der Waals surface area contributed by atoms with Crippen molar-refractivity contribution in [3.63, 3.8) is 0 Å². The second-order valence-corrected chi connectivity index (χ2v) is 6.06. The summed E-state index contributed by atoms with van der Waals surface area (Å²) in [6.07, 6.45) is 1.02. The summed E-state index contributed by atoms with van der Waals surface area (Å²) in [6.45, 7) is 2.17. The van der Waals surface area contributed by atoms with Gasteiger partial charge in [0.2, 0.25) is 11.7 Å². The van der Waals surface area contributed by atoms with Crippen LogP contribution in [0.2, 0.25) is 0 Å². The molecule has 7 heteroatoms. The average Bonchev–Trinajstić information content (AvgIpc) is 3.33. The van der Waals surface area contributed by atoms with E-state index in [0.717, 1.165) is 30.6 Å². The third-order valence-corrected chi connectivity index (χ3v) is 4.29. The smallest absolute Gasteiger partial charge is 0.231 e. The topological polar surface area (TPSA) is 60.2 Å². The molecule has 0 saturated carbocycles. The number of halogens is 2. The molecule has 4 rings (SSSR count). The predicted molar refractivity (Wildman–Crippen MR) is 97.9 cm³/mol. The summed E-state index contributed by atoms with van der Waals surface area (Å²) in [6, 6.07) is 14.1. The summed E-state index contributed by atoms with van der Waals surface area (Å²) >= 11 is 0. The van der Waals surface area contributed by atoms with Crippen molar-refractivity contribution in [2.24, 2.45) is 0 Å². The SMILES string of the molecule is Cl.Fc1ccccc1OCc1ccc(-c2noc([C@@H]3CCNC3)n2)cc1. The molecule has 2 aromatic carbocycles. The van der Waals surface area contributed by atoms with E-state index in [2.05, 4.69) is 15.5 Å². The molecule has 1 aliphatic rings. The summed E-state index contributed by atoms with van der Waals surface area (Å²) < 4.78 is 24.4. The molecular formula is C19H19ClFN3O2. The molecule has 2 heterocycles. The lowest BCUT2D eigenvalue weighted by atomic mass is 10.1. The van der Waals surface area contributed by atoms with Gasteiger partial charge in [-0.15, -0.1) is 12.4 Å². The molecule has 1 atom stereocenters. The second-order valence-electron chi connectivity index (χ2n) is 6.06. The van der Waals surface area contributed by atoms with Gasteiger partial charge in [-0.1, -0.05) is 41.6 Å². The predicted octanol–water partition coefficient (Wildman–Crippen LogP) is 3.95. The maximum absolute atomic E-state index is 13.6. The van der Waals surface area contributed by atoms with Crippen molar-refractivity contribution in [2.45, 2.75) is 18.9 Å². The summed E-state index contributed by atoms with van der Waals surface area (Å²) in [5, 5.41) is 7.36. The molecule has 136 valence electrons. The van der Waals surface area contributed by atoms with Gasteiger partial charge in [0.25, 0.3) is 0 Å². The molecule has 1 saturated heterocycles. The minimum absolute atomic E-state index is 0. The summed E-state index contributed by atoms with van der Waals surface area (Å²) in [4.78, 5) is 4.50. The van der Waals surface area contributed by atoms with Gasteiger partial charge in [-0.05, 0) is 30.7 Å². The van der Waals surface area contributed by atoms with E-state index in [1.54, 1.807) is 18.2 Å². The van der Waals surface area contributed by atoms with Crippen molar-refractivity contribution in [2.75, 3.05) is 13.1 Å². The van der Waals surface area contributed by atoms with Gasteiger partial charge in [0.05, 0.1) is 5.92 Å². The van der Waals surface area contributed by atoms with Gasteiger partial charge in [0.15, 0.2) is 11.6 Å². The first-order chi connectivity index (χ1) is 12.3. The molecule has 3 aromatic rings. The number of para-hydroxylation sites is 1. The molecular weight excluding hydrogens is 357 g/mol. The Balaban J connectivity index is 0.00000196. The van der Waals surface area contributed by atoms with E-state index in [9.17, 15) is 4.39 Å². The van der Waals surface area contributed by atoms with Gasteiger partial charge in [0.1, 0.15) is 6.61 Å². The van der Waals surface area contributed by atoms with E-state index >= 15 is 0 Å². The van der Waals surface area contributed by atoms with Gasteiger partial charge >= 0.3 is 0 Å². The number of hydrogen-bond donors (Lipinski definition) is 1. The molecule has 1 fully saturated rings. The molecule has 1 aromatic heterocycles. The minimum Gasteiger partial charge on any atom is -0.486 e. The molecule has 26 heavy (non-hydrogen) atoms. The van der Waals surface area contributed by atoms with Crippen LogP contribution in [0.1, 0.15) is 23.8 Å². The maximum Gasteiger partial charge on any atom is 0.231 e. The Kier molecular flexibility index (Phi) is 5.85. The fourth-order valence-corrected chi connectivity index (χ4v) is 2.86. The number of rotatable bonds is 5. The molecule has 5 nitrogen and oxygen atoms in total. The van der Waals surface area contributed by atoms with Crippen LogP contribution in [0, 0.1) is 5.82 Å². The lowest BCUT2D eigenvalue weighted by Crippen LogP contribution is -2.08. The monoisotopic (exact) mass is 375 g/mol. The van der Waals surface area contributed by atoms with Crippen LogP contribution in [0.15, 0.2) is 53.1 Å². The van der Waals surface area contributed by atoms with E-state index in [0.29, 0.717) is 24.2 Å². The van der Waals surface area contributed by atoms with Crippen molar-refractivity contribution in [3.05, 3.63) is 65.8 Å². The number of hydrogen-bond acceptors (Lipinski definition) is 5. The quantitative estimate of drug-likeness (QED) is 0.731. The van der Waals surface area contributed by atoms with E-state index in [-0.39, 0.29) is 24.0 Å². The largest absolute Gasteiger partial charge is 0.486 e. The number of aromatic nitrogens is 2. The summed E-state index contributed by atoms with van der Waals surface area (Å²) in [7, 11) is 0. The third kappa shape index (κ3) is 4.03. The highest BCUT2D eigenvalue weighted by atomic mass is 35.5. The van der Waals surface area contributed by atoms with Crippen molar-refractivity contribution >= 4 is 12.4 Å². The fourth-order valence-electron chi connectivity index (χ4n) is 2.86. The molecule has 0 amide bonds. The highest BCUT2D eigenvalue weighted by Gasteiger charge is 2.22. The van der Waals surface area contributed by atoms with Crippen LogP contribution in [0.5, 0.6) is 5.75 Å². The van der Waals surface area contributed by atoms with E-state index in [4.69, 9.17) is 9.26 Å². The Labute approximate surface area is 157 Å². The normalized spacial score (nSPS) is 16.3. The number of nitrogens with zero attached hydrogens (tertiary/aromatic N) is 2. The van der Waals surface area contributed by atoms with Crippen LogP contribution in [0.25, 0.3) is 11.4 Å². The number of benzene rings is 2. The Morgan fingerprint density at radius 2 is 1.96 bits per heavy atom. The van der Waals surface area contributed by atoms with Gasteiger partial charge in [-0.3, -0.25) is 0 Å². The van der Waals surface area contributed by atoms with Crippen LogP contribution >= 0.6 is 12.4 Å². The lowest BCUT2D eigenvalue weighted by molar-refractivity contribution is 0.290. The van der Waals surface area contributed by atoms with Crippen LogP contribution in [-0.2, 0) is 6.61 Å². The van der Waals surface area contributed by atoms with Crippen molar-refractivity contribution in [1.82, 2.24) is 15.5 Å². The van der Waals surface area contributed by atoms with E-state index < -0.39 is 0 Å². The van der Waals surface area contributed by atoms with E-state index in [1.165, 1.54) is 6.07 Å². The summed E-state index contributed by atoms with van der Waals surface area (Å²) in [5.41, 5.74) is 1.83. The Bertz CT molecular complexity index is 848. The van der Waals surface area contributed by atoms with Crippen molar-refractivity contribution in [3.8, 4) is 17.1 Å². The molecule has 0 bridgehead atoms. The zero-order chi connectivity index (χ0) is 17.1. The van der Waals surface area contributed by atoms with Crippen molar-refractivity contribution in [1.29, 1.82) is 0 Å². The Morgan fingerprint density at radius 3 is 2.69 bits per heavy atom. The third-order valence-electron chi connectivity index (χ3n) is 4.29.